The number of hydrogen-bond donors (Lipinski definition) is 2. The first-order chi connectivity index (χ1) is 13.0. The lowest BCUT2D eigenvalue weighted by molar-refractivity contribution is 0.0780. The Bertz CT molecular complexity index is 826. The maximum Gasteiger partial charge on any atom is 0.270 e. The number of hydrogen-bond acceptors (Lipinski definition) is 3. The summed E-state index contributed by atoms with van der Waals surface area (Å²) in [6.45, 7) is 7.35. The number of nitrogens with two attached hydrogens (primary N) is 1. The third kappa shape index (κ3) is 3.69. The first kappa shape index (κ1) is 19.4. The number of ketones is 1. The zero-order valence-electron chi connectivity index (χ0n) is 16.4. The number of nitrogens with zero attached hydrogens (tertiary/aromatic N) is 1. The van der Waals surface area contributed by atoms with Gasteiger partial charge in [0.1, 0.15) is 5.69 Å². The normalized spacial score (nSPS) is 19.5. The van der Waals surface area contributed by atoms with E-state index in [1.54, 1.807) is 6.92 Å². The number of carbonyl (C=O) groups excluding carboxylic acids is 2. The molecule has 144 valence electrons. The summed E-state index contributed by atoms with van der Waals surface area (Å²) in [5, 5.41) is 0. The molecule has 0 unspecified atom stereocenters. The Morgan fingerprint density at radius 3 is 2.52 bits per heavy atom. The van der Waals surface area contributed by atoms with E-state index in [0.717, 1.165) is 24.1 Å². The predicted molar refractivity (Wildman–Crippen MR) is 107 cm³/mol. The van der Waals surface area contributed by atoms with Gasteiger partial charge in [0.2, 0.25) is 0 Å². The van der Waals surface area contributed by atoms with Gasteiger partial charge in [-0.25, -0.2) is 0 Å². The van der Waals surface area contributed by atoms with Crippen molar-refractivity contribution in [3.8, 4) is 0 Å². The highest BCUT2D eigenvalue weighted by atomic mass is 16.2. The van der Waals surface area contributed by atoms with Crippen LogP contribution >= 0.6 is 0 Å². The lowest BCUT2D eigenvalue weighted by Crippen LogP contribution is -2.31. The van der Waals surface area contributed by atoms with Crippen LogP contribution in [0.3, 0.4) is 0 Å². The van der Waals surface area contributed by atoms with Crippen molar-refractivity contribution in [3.05, 3.63) is 58.4 Å². The summed E-state index contributed by atoms with van der Waals surface area (Å²) in [6, 6.07) is 10.3. The summed E-state index contributed by atoms with van der Waals surface area (Å²) >= 11 is 0. The SMILES string of the molecule is CCCc1c(C(=O)N2C[C@@H](CN)[C@H](c3ccccc3)C2)[nH]c(C)c1C(C)=O. The van der Waals surface area contributed by atoms with Crippen molar-refractivity contribution in [3.63, 3.8) is 0 Å². The van der Waals surface area contributed by atoms with Crippen molar-refractivity contribution in [1.82, 2.24) is 9.88 Å². The molecule has 1 amide bonds. The van der Waals surface area contributed by atoms with E-state index >= 15 is 0 Å². The van der Waals surface area contributed by atoms with Crippen molar-refractivity contribution >= 4 is 11.7 Å². The van der Waals surface area contributed by atoms with Crippen LogP contribution in [0.25, 0.3) is 0 Å². The van der Waals surface area contributed by atoms with Crippen LogP contribution in [0.4, 0.5) is 0 Å². The van der Waals surface area contributed by atoms with Crippen LogP contribution in [-0.2, 0) is 6.42 Å². The molecule has 1 aliphatic rings. The molecule has 1 fully saturated rings. The maximum absolute atomic E-state index is 13.3. The van der Waals surface area contributed by atoms with Gasteiger partial charge in [0, 0.05) is 30.3 Å². The summed E-state index contributed by atoms with van der Waals surface area (Å²) in [6.07, 6.45) is 1.60. The third-order valence-electron chi connectivity index (χ3n) is 5.62. The topological polar surface area (TPSA) is 79.2 Å². The van der Waals surface area contributed by atoms with Crippen LogP contribution in [0.5, 0.6) is 0 Å². The fraction of sp³-hybridized carbons (Fsp3) is 0.455. The standard InChI is InChI=1S/C22H29N3O2/c1-4-8-18-20(15(3)26)14(2)24-21(18)22(27)25-12-17(11-23)19(13-25)16-9-6-5-7-10-16/h5-7,9-10,17,19,24H,4,8,11-13,23H2,1-3H3/t17-,19+/m1/s1. The van der Waals surface area contributed by atoms with Crippen LogP contribution in [0, 0.1) is 12.8 Å². The molecule has 3 rings (SSSR count). The van der Waals surface area contributed by atoms with Gasteiger partial charge in [0.15, 0.2) is 5.78 Å². The Morgan fingerprint density at radius 1 is 1.22 bits per heavy atom. The second-order valence-corrected chi connectivity index (χ2v) is 7.51. The summed E-state index contributed by atoms with van der Waals surface area (Å²) in [5.74, 6) is 0.480. The highest BCUT2D eigenvalue weighted by Crippen LogP contribution is 2.33. The minimum Gasteiger partial charge on any atom is -0.354 e. The zero-order valence-corrected chi connectivity index (χ0v) is 16.4. The number of nitrogens with one attached hydrogen (secondary N) is 1. The van der Waals surface area contributed by atoms with Gasteiger partial charge >= 0.3 is 0 Å². The van der Waals surface area contributed by atoms with Crippen molar-refractivity contribution in [2.75, 3.05) is 19.6 Å². The van der Waals surface area contributed by atoms with Crippen LogP contribution < -0.4 is 5.73 Å². The Hall–Kier alpha value is -2.40. The van der Waals surface area contributed by atoms with Gasteiger partial charge in [-0.2, -0.15) is 0 Å². The number of benzene rings is 1. The first-order valence-electron chi connectivity index (χ1n) is 9.74. The second-order valence-electron chi connectivity index (χ2n) is 7.51. The molecule has 2 atom stereocenters. The van der Waals surface area contributed by atoms with E-state index in [1.807, 2.05) is 30.0 Å². The molecule has 2 heterocycles. The monoisotopic (exact) mass is 367 g/mol. The minimum atomic E-state index is -0.0223. The van der Waals surface area contributed by atoms with E-state index in [0.29, 0.717) is 30.9 Å². The molecule has 0 bridgehead atoms. The van der Waals surface area contributed by atoms with Crippen LogP contribution in [0.1, 0.15) is 63.9 Å². The van der Waals surface area contributed by atoms with Gasteiger partial charge < -0.3 is 15.6 Å². The minimum absolute atomic E-state index is 0.00895. The molecule has 3 N–H and O–H groups in total. The van der Waals surface area contributed by atoms with E-state index < -0.39 is 0 Å². The molecule has 1 aromatic heterocycles. The Morgan fingerprint density at radius 2 is 1.93 bits per heavy atom. The van der Waals surface area contributed by atoms with E-state index in [2.05, 4.69) is 24.0 Å². The fourth-order valence-electron chi connectivity index (χ4n) is 4.35. The smallest absolute Gasteiger partial charge is 0.270 e. The molecule has 1 saturated heterocycles. The van der Waals surface area contributed by atoms with Gasteiger partial charge in [-0.1, -0.05) is 43.7 Å². The first-order valence-corrected chi connectivity index (χ1v) is 9.74. The number of H-pyrrole nitrogens is 1. The highest BCUT2D eigenvalue weighted by molar-refractivity contribution is 6.02. The quantitative estimate of drug-likeness (QED) is 0.769. The molecule has 0 spiro atoms. The van der Waals surface area contributed by atoms with Crippen molar-refractivity contribution in [2.24, 2.45) is 11.7 Å². The van der Waals surface area contributed by atoms with Crippen LogP contribution in [0.2, 0.25) is 0 Å². The fourth-order valence-corrected chi connectivity index (χ4v) is 4.35. The maximum atomic E-state index is 13.3. The second kappa shape index (κ2) is 8.09. The number of amides is 1. The lowest BCUT2D eigenvalue weighted by Gasteiger charge is -2.17. The molecule has 27 heavy (non-hydrogen) atoms. The summed E-state index contributed by atoms with van der Waals surface area (Å²) in [5.41, 5.74) is 10.1. The van der Waals surface area contributed by atoms with E-state index in [9.17, 15) is 9.59 Å². The predicted octanol–water partition coefficient (Wildman–Crippen LogP) is 3.29. The molecule has 2 aromatic rings. The van der Waals surface area contributed by atoms with Gasteiger partial charge in [-0.3, -0.25) is 9.59 Å². The molecular formula is C22H29N3O2. The number of likely N-dealkylation sites (tertiary alicyclic amines) is 1. The number of aryl methyl sites for hydroxylation is 1. The number of Topliss-reactive ketones (excluding diaryl/α,β-unsaturated/α-hetero) is 1. The van der Waals surface area contributed by atoms with E-state index in [-0.39, 0.29) is 23.5 Å². The van der Waals surface area contributed by atoms with Crippen LogP contribution in [-0.4, -0.2) is 41.2 Å². The molecule has 0 saturated carbocycles. The van der Waals surface area contributed by atoms with Gasteiger partial charge in [0.25, 0.3) is 5.91 Å². The zero-order chi connectivity index (χ0) is 19.6. The lowest BCUT2D eigenvalue weighted by atomic mass is 9.89. The molecule has 5 heteroatoms. The number of aromatic amines is 1. The molecular weight excluding hydrogens is 338 g/mol. The Kier molecular flexibility index (Phi) is 5.80. The van der Waals surface area contributed by atoms with Gasteiger partial charge in [-0.15, -0.1) is 0 Å². The Labute approximate surface area is 160 Å². The highest BCUT2D eigenvalue weighted by Gasteiger charge is 2.37. The van der Waals surface area contributed by atoms with Gasteiger partial charge in [0.05, 0.1) is 0 Å². The summed E-state index contributed by atoms with van der Waals surface area (Å²) in [7, 11) is 0. The summed E-state index contributed by atoms with van der Waals surface area (Å²) in [4.78, 5) is 30.5. The largest absolute Gasteiger partial charge is 0.354 e. The van der Waals surface area contributed by atoms with E-state index in [1.165, 1.54) is 5.56 Å². The Balaban J connectivity index is 1.90. The van der Waals surface area contributed by atoms with E-state index in [4.69, 9.17) is 5.73 Å². The third-order valence-corrected chi connectivity index (χ3v) is 5.62. The van der Waals surface area contributed by atoms with Gasteiger partial charge in [-0.05, 0) is 43.9 Å². The number of rotatable bonds is 6. The average Bonchev–Trinajstić information content (AvgIpc) is 3.23. The molecule has 0 aliphatic carbocycles. The molecule has 0 radical (unpaired) electrons. The molecule has 1 aliphatic heterocycles. The average molecular weight is 367 g/mol. The van der Waals surface area contributed by atoms with Crippen LogP contribution in [0.15, 0.2) is 30.3 Å². The number of carbonyl (C=O) groups is 2. The van der Waals surface area contributed by atoms with Crippen molar-refractivity contribution in [1.29, 1.82) is 0 Å². The molecule has 5 nitrogen and oxygen atoms in total. The van der Waals surface area contributed by atoms with Crippen molar-refractivity contribution in [2.45, 2.75) is 39.5 Å². The number of aromatic nitrogens is 1. The van der Waals surface area contributed by atoms with Crippen molar-refractivity contribution < 1.29 is 9.59 Å². The molecule has 1 aromatic carbocycles. The summed E-state index contributed by atoms with van der Waals surface area (Å²) < 4.78 is 0.